The number of sulfonamides is 1. The van der Waals surface area contributed by atoms with Crippen molar-refractivity contribution in [3.8, 4) is 17.3 Å². The normalized spacial score (nSPS) is 11.3. The predicted octanol–water partition coefficient (Wildman–Crippen LogP) is 3.04. The van der Waals surface area contributed by atoms with Crippen LogP contribution in [-0.4, -0.2) is 32.9 Å². The van der Waals surface area contributed by atoms with Gasteiger partial charge in [-0.25, -0.2) is 21.2 Å². The van der Waals surface area contributed by atoms with Crippen molar-refractivity contribution < 1.29 is 21.2 Å². The Bertz CT molecular complexity index is 1060. The molecule has 1 heterocycles. The molecule has 1 N–H and O–H groups in total. The first-order chi connectivity index (χ1) is 12.4. The van der Waals surface area contributed by atoms with Crippen LogP contribution in [0.25, 0.3) is 11.3 Å². The smallest absolute Gasteiger partial charge is 0.232 e. The predicted molar refractivity (Wildman–Crippen MR) is 104 cm³/mol. The van der Waals surface area contributed by atoms with Gasteiger partial charge in [0.25, 0.3) is 0 Å². The molecule has 0 aliphatic heterocycles. The van der Waals surface area contributed by atoms with Crippen LogP contribution in [0.1, 0.15) is 19.5 Å². The van der Waals surface area contributed by atoms with Gasteiger partial charge in [-0.1, -0.05) is 6.92 Å². The molecule has 0 fully saturated rings. The van der Waals surface area contributed by atoms with Gasteiger partial charge in [0.2, 0.25) is 19.1 Å². The highest BCUT2D eigenvalue weighted by molar-refractivity contribution is 8.13. The number of nitrogens with zero attached hydrogens (tertiary/aromatic N) is 2. The molecule has 0 bridgehead atoms. The average Bonchev–Trinajstić information content (AvgIpc) is 2.95. The second-order valence-electron chi connectivity index (χ2n) is 5.30. The summed E-state index contributed by atoms with van der Waals surface area (Å²) < 4.78 is 60.5. The van der Waals surface area contributed by atoms with E-state index in [1.165, 1.54) is 26.0 Å². The second-order valence-corrected chi connectivity index (χ2v) is 10.4. The van der Waals surface area contributed by atoms with Gasteiger partial charge in [0.1, 0.15) is 17.6 Å². The quantitative estimate of drug-likeness (QED) is 0.726. The highest BCUT2D eigenvalue weighted by Crippen LogP contribution is 2.27. The van der Waals surface area contributed by atoms with Crippen molar-refractivity contribution in [3.05, 3.63) is 41.8 Å². The lowest BCUT2D eigenvalue weighted by atomic mass is 10.1. The number of nitriles is 1. The topological polar surface area (TPSA) is 109 Å². The van der Waals surface area contributed by atoms with E-state index in [-0.39, 0.29) is 17.2 Å². The summed E-state index contributed by atoms with van der Waals surface area (Å²) >= 11 is 0. The lowest BCUT2D eigenvalue weighted by Crippen LogP contribution is -2.14. The molecule has 1 aromatic carbocycles. The van der Waals surface area contributed by atoms with Crippen molar-refractivity contribution in [1.29, 1.82) is 5.26 Å². The molecule has 0 saturated heterocycles. The Morgan fingerprint density at radius 2 is 1.74 bits per heavy atom. The summed E-state index contributed by atoms with van der Waals surface area (Å²) in [4.78, 5) is 0. The monoisotopic (exact) mass is 435 g/mol. The highest BCUT2D eigenvalue weighted by atomic mass is 35.7. The summed E-state index contributed by atoms with van der Waals surface area (Å²) in [6.45, 7) is 2.99. The molecule has 11 heteroatoms. The number of halogens is 2. The Labute approximate surface area is 162 Å². The third kappa shape index (κ3) is 6.86. The molecule has 0 unspecified atom stereocenters. The summed E-state index contributed by atoms with van der Waals surface area (Å²) in [5.41, 5.74) is 1.44. The van der Waals surface area contributed by atoms with Gasteiger partial charge in [-0.05, 0) is 37.3 Å². The summed E-state index contributed by atoms with van der Waals surface area (Å²) in [5, 5.41) is 8.91. The zero-order valence-corrected chi connectivity index (χ0v) is 17.3. The van der Waals surface area contributed by atoms with E-state index in [2.05, 4.69) is 15.4 Å². The van der Waals surface area contributed by atoms with Crippen molar-refractivity contribution in [2.75, 3.05) is 16.2 Å². The number of benzene rings is 1. The molecule has 1 aromatic heterocycles. The third-order valence-corrected chi connectivity index (χ3v) is 6.13. The molecule has 0 aliphatic carbocycles. The minimum Gasteiger partial charge on any atom is -0.335 e. The Hall–Kier alpha value is -2.09. The molecule has 0 amide bonds. The molecule has 27 heavy (non-hydrogen) atoms. The largest absolute Gasteiger partial charge is 0.335 e. The first kappa shape index (κ1) is 23.0. The van der Waals surface area contributed by atoms with Crippen molar-refractivity contribution in [2.45, 2.75) is 13.8 Å². The van der Waals surface area contributed by atoms with Gasteiger partial charge in [-0.15, -0.1) is 0 Å². The maximum atomic E-state index is 14.2. The molecule has 0 saturated carbocycles. The molecule has 2 aromatic rings. The number of rotatable bonds is 5. The van der Waals surface area contributed by atoms with Crippen LogP contribution < -0.4 is 4.72 Å². The van der Waals surface area contributed by atoms with Crippen LogP contribution in [0, 0.1) is 17.1 Å². The van der Waals surface area contributed by atoms with Crippen LogP contribution in [0.15, 0.2) is 30.3 Å². The lowest BCUT2D eigenvalue weighted by molar-refractivity contribution is 0.602. The number of aromatic nitrogens is 1. The molecule has 0 aliphatic rings. The maximum Gasteiger partial charge on any atom is 0.232 e. The standard InChI is InChI=1S/C14H14FN3O2S.C2H5ClO2S/c1-3-21(19,20)17-10-4-6-12(13(15)8-10)14-7-5-11(9-16)18(14)2;1-2-6(3,4)5/h4-8,17H,3H2,1-2H3;2H2,1H3. The fraction of sp³-hybridized carbons (Fsp3) is 0.312. The average molecular weight is 436 g/mol. The van der Waals surface area contributed by atoms with Gasteiger partial charge in [-0.3, -0.25) is 4.72 Å². The Kier molecular flexibility index (Phi) is 7.83. The van der Waals surface area contributed by atoms with Crippen LogP contribution in [0.3, 0.4) is 0 Å². The third-order valence-electron chi connectivity index (χ3n) is 3.48. The first-order valence-electron chi connectivity index (χ1n) is 7.72. The number of anilines is 1. The van der Waals surface area contributed by atoms with Gasteiger partial charge >= 0.3 is 0 Å². The van der Waals surface area contributed by atoms with Crippen LogP contribution in [0.2, 0.25) is 0 Å². The number of hydrogen-bond donors (Lipinski definition) is 1. The van der Waals surface area contributed by atoms with Gasteiger partial charge in [0.15, 0.2) is 0 Å². The van der Waals surface area contributed by atoms with E-state index >= 15 is 0 Å². The molecule has 2 rings (SSSR count). The van der Waals surface area contributed by atoms with Crippen LogP contribution in [0.4, 0.5) is 10.1 Å². The molecule has 0 spiro atoms. The summed E-state index contributed by atoms with van der Waals surface area (Å²) in [7, 11) is -0.272. The Balaban J connectivity index is 0.000000527. The van der Waals surface area contributed by atoms with E-state index < -0.39 is 24.9 Å². The van der Waals surface area contributed by atoms with Crippen LogP contribution in [-0.2, 0) is 26.1 Å². The van der Waals surface area contributed by atoms with E-state index in [0.717, 1.165) is 6.07 Å². The Morgan fingerprint density at radius 1 is 1.15 bits per heavy atom. The van der Waals surface area contributed by atoms with E-state index in [9.17, 15) is 21.2 Å². The van der Waals surface area contributed by atoms with Crippen LogP contribution >= 0.6 is 10.7 Å². The van der Waals surface area contributed by atoms with Crippen molar-refractivity contribution in [1.82, 2.24) is 4.57 Å². The Morgan fingerprint density at radius 3 is 2.15 bits per heavy atom. The first-order valence-corrected chi connectivity index (χ1v) is 11.9. The molecule has 0 radical (unpaired) electrons. The van der Waals surface area contributed by atoms with E-state index in [1.807, 2.05) is 6.07 Å². The van der Waals surface area contributed by atoms with Crippen LogP contribution in [0.5, 0.6) is 0 Å². The SMILES string of the molecule is CCS(=O)(=O)Cl.CCS(=O)(=O)Nc1ccc(-c2ccc(C#N)n2C)c(F)c1. The zero-order chi connectivity index (χ0) is 20.8. The zero-order valence-electron chi connectivity index (χ0n) is 14.9. The molecular weight excluding hydrogens is 417 g/mol. The minimum atomic E-state index is -3.44. The summed E-state index contributed by atoms with van der Waals surface area (Å²) in [6.07, 6.45) is 0. The summed E-state index contributed by atoms with van der Waals surface area (Å²) in [6, 6.07) is 9.35. The second kappa shape index (κ2) is 9.21. The molecule has 7 nitrogen and oxygen atoms in total. The van der Waals surface area contributed by atoms with E-state index in [4.69, 9.17) is 5.26 Å². The minimum absolute atomic E-state index is 0.00849. The fourth-order valence-electron chi connectivity index (χ4n) is 1.93. The molecular formula is C16H19ClFN3O4S2. The van der Waals surface area contributed by atoms with E-state index in [1.54, 1.807) is 23.7 Å². The highest BCUT2D eigenvalue weighted by Gasteiger charge is 2.13. The van der Waals surface area contributed by atoms with Gasteiger partial charge in [-0.2, -0.15) is 5.26 Å². The van der Waals surface area contributed by atoms with Crippen molar-refractivity contribution in [2.24, 2.45) is 7.05 Å². The van der Waals surface area contributed by atoms with Crippen molar-refractivity contribution >= 4 is 35.4 Å². The lowest BCUT2D eigenvalue weighted by Gasteiger charge is -2.09. The van der Waals surface area contributed by atoms with Gasteiger partial charge in [0.05, 0.1) is 22.9 Å². The molecule has 0 atom stereocenters. The fourth-order valence-corrected chi connectivity index (χ4v) is 2.56. The molecule has 148 valence electrons. The number of nitrogens with one attached hydrogen (secondary N) is 1. The van der Waals surface area contributed by atoms with Gasteiger partial charge in [0, 0.05) is 23.3 Å². The number of hydrogen-bond acceptors (Lipinski definition) is 5. The van der Waals surface area contributed by atoms with Gasteiger partial charge < -0.3 is 4.57 Å². The summed E-state index contributed by atoms with van der Waals surface area (Å²) in [5.74, 6) is -0.633. The van der Waals surface area contributed by atoms with E-state index in [0.29, 0.717) is 17.0 Å². The van der Waals surface area contributed by atoms with Crippen molar-refractivity contribution in [3.63, 3.8) is 0 Å². The maximum absolute atomic E-state index is 14.2.